The first-order valence-corrected chi connectivity index (χ1v) is 7.35. The van der Waals surface area contributed by atoms with E-state index in [1.807, 2.05) is 13.8 Å². The van der Waals surface area contributed by atoms with E-state index in [1.165, 1.54) is 6.07 Å². The predicted molar refractivity (Wildman–Crippen MR) is 81.2 cm³/mol. The van der Waals surface area contributed by atoms with E-state index in [1.54, 1.807) is 0 Å². The van der Waals surface area contributed by atoms with Gasteiger partial charge in [-0.2, -0.15) is 31.6 Å². The summed E-state index contributed by atoms with van der Waals surface area (Å²) in [4.78, 5) is 0. The molecular formula is C16H17F6N3. The summed E-state index contributed by atoms with van der Waals surface area (Å²) in [6, 6.07) is 4.97. The summed E-state index contributed by atoms with van der Waals surface area (Å²) < 4.78 is 77.5. The Balaban J connectivity index is 3.14. The average molecular weight is 365 g/mol. The first-order valence-electron chi connectivity index (χ1n) is 7.35. The Bertz CT molecular complexity index is 653. The van der Waals surface area contributed by atoms with Gasteiger partial charge in [-0.25, -0.2) is 0 Å². The van der Waals surface area contributed by atoms with Crippen LogP contribution in [0.25, 0.3) is 0 Å². The third-order valence-electron chi connectivity index (χ3n) is 3.13. The lowest BCUT2D eigenvalue weighted by molar-refractivity contribution is -0.137. The number of rotatable bonds is 6. The van der Waals surface area contributed by atoms with Crippen molar-refractivity contribution < 1.29 is 26.3 Å². The molecule has 25 heavy (non-hydrogen) atoms. The third kappa shape index (κ3) is 6.57. The lowest BCUT2D eigenvalue weighted by Gasteiger charge is -2.18. The molecule has 0 spiro atoms. The Hall–Kier alpha value is -2.37. The smallest absolute Gasteiger partial charge is 0.379 e. The highest BCUT2D eigenvalue weighted by atomic mass is 19.4. The second kappa shape index (κ2) is 8.14. The van der Waals surface area contributed by atoms with Crippen LogP contribution in [0.15, 0.2) is 35.7 Å². The molecule has 0 unspecified atom stereocenters. The quantitative estimate of drug-likeness (QED) is 0.548. The molecule has 3 nitrogen and oxygen atoms in total. The molecule has 0 bridgehead atoms. The minimum Gasteiger partial charge on any atom is -0.379 e. The molecule has 2 N–H and O–H groups in total. The maximum Gasteiger partial charge on any atom is 0.433 e. The molecule has 0 saturated heterocycles. The summed E-state index contributed by atoms with van der Waals surface area (Å²) >= 11 is 0. The fourth-order valence-electron chi connectivity index (χ4n) is 1.88. The zero-order valence-electron chi connectivity index (χ0n) is 13.5. The number of nitrogens with zero attached hydrogens (tertiary/aromatic N) is 1. The largest absolute Gasteiger partial charge is 0.433 e. The van der Waals surface area contributed by atoms with Crippen LogP contribution in [0.1, 0.15) is 25.8 Å². The van der Waals surface area contributed by atoms with Gasteiger partial charge in [0.25, 0.3) is 0 Å². The molecular weight excluding hydrogens is 348 g/mol. The molecule has 1 aromatic carbocycles. The topological polar surface area (TPSA) is 47.9 Å². The lowest BCUT2D eigenvalue weighted by Crippen LogP contribution is -2.30. The van der Waals surface area contributed by atoms with Crippen LogP contribution in [0.2, 0.25) is 0 Å². The second-order valence-corrected chi connectivity index (χ2v) is 5.67. The van der Waals surface area contributed by atoms with Crippen molar-refractivity contribution in [1.82, 2.24) is 5.32 Å². The maximum absolute atomic E-state index is 13.2. The highest BCUT2D eigenvalue weighted by molar-refractivity contribution is 5.55. The van der Waals surface area contributed by atoms with Crippen molar-refractivity contribution in [3.63, 3.8) is 0 Å². The molecule has 0 heterocycles. The van der Waals surface area contributed by atoms with E-state index in [0.29, 0.717) is 12.5 Å². The molecule has 0 atom stereocenters. The van der Waals surface area contributed by atoms with E-state index < -0.39 is 29.3 Å². The molecule has 0 aromatic heterocycles. The molecule has 0 amide bonds. The molecule has 0 aliphatic carbocycles. The Labute approximate surface area is 141 Å². The summed E-state index contributed by atoms with van der Waals surface area (Å²) in [5, 5.41) is 13.3. The number of anilines is 1. The van der Waals surface area contributed by atoms with Gasteiger partial charge in [0.15, 0.2) is 5.70 Å². The molecule has 0 fully saturated rings. The van der Waals surface area contributed by atoms with Crippen LogP contribution in [0.4, 0.5) is 32.0 Å². The van der Waals surface area contributed by atoms with E-state index >= 15 is 0 Å². The van der Waals surface area contributed by atoms with Gasteiger partial charge in [0.2, 0.25) is 0 Å². The number of nitriles is 1. The van der Waals surface area contributed by atoms with E-state index in [4.69, 9.17) is 5.26 Å². The highest BCUT2D eigenvalue weighted by Gasteiger charge is 2.37. The highest BCUT2D eigenvalue weighted by Crippen LogP contribution is 2.32. The van der Waals surface area contributed by atoms with Gasteiger partial charge in [0, 0.05) is 12.2 Å². The third-order valence-corrected chi connectivity index (χ3v) is 3.13. The summed E-state index contributed by atoms with van der Waals surface area (Å²) in [5.41, 5.74) is -3.50. The van der Waals surface area contributed by atoms with E-state index in [0.717, 1.165) is 18.2 Å². The standard InChI is InChI=1S/C16H17F6N3/c1-10(2)6-7-24-14(16(20,21)22)13(9-23)25-12-5-3-4-11(8-12)15(17,18)19/h3-5,8,10,24-25H,6-7H2,1-2H3. The Morgan fingerprint density at radius 1 is 1.16 bits per heavy atom. The van der Waals surface area contributed by atoms with Crippen LogP contribution in [-0.2, 0) is 6.18 Å². The van der Waals surface area contributed by atoms with Gasteiger partial charge in [0.1, 0.15) is 11.8 Å². The van der Waals surface area contributed by atoms with Gasteiger partial charge in [-0.05, 0) is 30.5 Å². The van der Waals surface area contributed by atoms with Gasteiger partial charge in [-0.3, -0.25) is 0 Å². The Kier molecular flexibility index (Phi) is 6.73. The molecule has 138 valence electrons. The van der Waals surface area contributed by atoms with Crippen LogP contribution < -0.4 is 10.6 Å². The minimum absolute atomic E-state index is 0.0258. The zero-order valence-corrected chi connectivity index (χ0v) is 13.5. The van der Waals surface area contributed by atoms with E-state index in [9.17, 15) is 26.3 Å². The number of hydrogen-bond donors (Lipinski definition) is 2. The number of benzene rings is 1. The number of hydrogen-bond acceptors (Lipinski definition) is 3. The number of halogens is 6. The summed E-state index contributed by atoms with van der Waals surface area (Å²) in [5.74, 6) is 0.143. The van der Waals surface area contributed by atoms with Crippen molar-refractivity contribution in [1.29, 1.82) is 5.26 Å². The lowest BCUT2D eigenvalue weighted by atomic mass is 10.1. The first kappa shape index (κ1) is 20.7. The molecule has 0 aliphatic rings. The van der Waals surface area contributed by atoms with Crippen LogP contribution in [0.5, 0.6) is 0 Å². The van der Waals surface area contributed by atoms with Gasteiger partial charge < -0.3 is 10.6 Å². The molecule has 0 saturated carbocycles. The van der Waals surface area contributed by atoms with Crippen molar-refractivity contribution >= 4 is 5.69 Å². The van der Waals surface area contributed by atoms with Crippen LogP contribution in [0.3, 0.4) is 0 Å². The van der Waals surface area contributed by atoms with Gasteiger partial charge >= 0.3 is 12.4 Å². The number of allylic oxidation sites excluding steroid dienone is 2. The second-order valence-electron chi connectivity index (χ2n) is 5.67. The Morgan fingerprint density at radius 2 is 1.80 bits per heavy atom. The summed E-state index contributed by atoms with van der Waals surface area (Å²) in [7, 11) is 0. The predicted octanol–water partition coefficient (Wildman–Crippen LogP) is 5.05. The summed E-state index contributed by atoms with van der Waals surface area (Å²) in [6.07, 6.45) is -9.06. The first-order chi connectivity index (χ1) is 11.4. The fourth-order valence-corrected chi connectivity index (χ4v) is 1.88. The number of alkyl halides is 6. The molecule has 1 rings (SSSR count). The summed E-state index contributed by atoms with van der Waals surface area (Å²) in [6.45, 7) is 3.62. The van der Waals surface area contributed by atoms with Crippen molar-refractivity contribution in [3.8, 4) is 6.07 Å². The normalized spacial score (nSPS) is 13.3. The monoisotopic (exact) mass is 365 g/mol. The SMILES string of the molecule is CC(C)CCNC(=C(C#N)Nc1cccc(C(F)(F)F)c1)C(F)(F)F. The van der Waals surface area contributed by atoms with Gasteiger partial charge in [-0.15, -0.1) is 0 Å². The number of nitrogens with one attached hydrogen (secondary N) is 2. The van der Waals surface area contributed by atoms with Crippen molar-refractivity contribution in [3.05, 3.63) is 41.2 Å². The minimum atomic E-state index is -4.85. The van der Waals surface area contributed by atoms with Crippen molar-refractivity contribution in [2.45, 2.75) is 32.6 Å². The zero-order chi connectivity index (χ0) is 19.3. The van der Waals surface area contributed by atoms with Crippen molar-refractivity contribution in [2.24, 2.45) is 5.92 Å². The van der Waals surface area contributed by atoms with Crippen LogP contribution in [0, 0.1) is 17.2 Å². The average Bonchev–Trinajstić information content (AvgIpc) is 2.48. The van der Waals surface area contributed by atoms with Gasteiger partial charge in [-0.1, -0.05) is 19.9 Å². The maximum atomic E-state index is 13.2. The molecule has 9 heteroatoms. The van der Waals surface area contributed by atoms with Gasteiger partial charge in [0.05, 0.1) is 5.56 Å². The Morgan fingerprint density at radius 3 is 2.28 bits per heavy atom. The fraction of sp³-hybridized carbons (Fsp3) is 0.438. The van der Waals surface area contributed by atoms with E-state index in [2.05, 4.69) is 10.6 Å². The molecule has 0 radical (unpaired) electrons. The molecule has 1 aromatic rings. The van der Waals surface area contributed by atoms with Crippen LogP contribution in [-0.4, -0.2) is 12.7 Å². The van der Waals surface area contributed by atoms with E-state index in [-0.39, 0.29) is 18.2 Å². The van der Waals surface area contributed by atoms with Crippen molar-refractivity contribution in [2.75, 3.05) is 11.9 Å². The molecule has 0 aliphatic heterocycles. The van der Waals surface area contributed by atoms with Crippen LogP contribution >= 0.6 is 0 Å².